The van der Waals surface area contributed by atoms with Gasteiger partial charge in [-0.3, -0.25) is 0 Å². The first-order valence-corrected chi connectivity index (χ1v) is 2.74. The monoisotopic (exact) mass is 115 g/mol. The van der Waals surface area contributed by atoms with Crippen LogP contribution in [0.2, 0.25) is 0 Å². The zero-order valence-electron chi connectivity index (χ0n) is 4.35. The van der Waals surface area contributed by atoms with Gasteiger partial charge in [0.15, 0.2) is 0 Å². The fourth-order valence-corrected chi connectivity index (χ4v) is 0.311. The van der Waals surface area contributed by atoms with E-state index in [1.165, 1.54) is 6.20 Å². The lowest BCUT2D eigenvalue weighted by molar-refractivity contribution is 0.495. The summed E-state index contributed by atoms with van der Waals surface area (Å²) >= 11 is 0. The van der Waals surface area contributed by atoms with Crippen LogP contribution in [0.15, 0.2) is 24.6 Å². The van der Waals surface area contributed by atoms with Crippen LogP contribution in [-0.2, 0) is 4.43 Å². The van der Waals surface area contributed by atoms with Gasteiger partial charge in [0.1, 0.15) is 0 Å². The average Bonchev–Trinajstić information content (AvgIpc) is 1.68. The van der Waals surface area contributed by atoms with E-state index in [0.717, 1.165) is 0 Å². The predicted molar refractivity (Wildman–Crippen MR) is 33.5 cm³/mol. The number of nitrogens with two attached hydrogens (primary N) is 1. The maximum Gasteiger partial charge on any atom is 0.204 e. The summed E-state index contributed by atoms with van der Waals surface area (Å²) in [6.07, 6.45) is 3.02. The molecular weight excluding hydrogens is 106 g/mol. The van der Waals surface area contributed by atoms with E-state index in [2.05, 4.69) is 6.58 Å². The van der Waals surface area contributed by atoms with E-state index in [1.54, 1.807) is 6.08 Å². The molecule has 3 heteroatoms. The number of hydrogen-bond acceptors (Lipinski definition) is 2. The molecule has 0 aliphatic carbocycles. The quantitative estimate of drug-likeness (QED) is 0.292. The van der Waals surface area contributed by atoms with Crippen LogP contribution in [0.4, 0.5) is 0 Å². The zero-order valence-corrected chi connectivity index (χ0v) is 6.35. The normalized spacial score (nSPS) is 9.71. The summed E-state index contributed by atoms with van der Waals surface area (Å²) in [4.78, 5) is 0. The van der Waals surface area contributed by atoms with Crippen LogP contribution in [0, 0.1) is 0 Å². The second-order valence-corrected chi connectivity index (χ2v) is 1.44. The molecule has 0 radical (unpaired) electrons. The highest BCUT2D eigenvalue weighted by atomic mass is 28.2. The van der Waals surface area contributed by atoms with Gasteiger partial charge >= 0.3 is 0 Å². The Kier molecular flexibility index (Phi) is 3.14. The van der Waals surface area contributed by atoms with Crippen molar-refractivity contribution in [1.82, 2.24) is 0 Å². The third-order valence-electron chi connectivity index (χ3n) is 0.544. The summed E-state index contributed by atoms with van der Waals surface area (Å²) in [6, 6.07) is 0. The van der Waals surface area contributed by atoms with E-state index >= 15 is 0 Å². The van der Waals surface area contributed by atoms with E-state index in [-0.39, 0.29) is 0 Å². The molecule has 0 rings (SSSR count). The lowest BCUT2D eigenvalue weighted by atomic mass is 10.5. The zero-order chi connectivity index (χ0) is 5.70. The fourth-order valence-electron chi connectivity index (χ4n) is 0.175. The second-order valence-electron chi connectivity index (χ2n) is 1.03. The molecule has 0 saturated carbocycles. The molecule has 0 heterocycles. The molecule has 0 fully saturated rings. The highest BCUT2D eigenvalue weighted by Crippen LogP contribution is 1.87. The highest BCUT2D eigenvalue weighted by molar-refractivity contribution is 5.98. The molecule has 0 aromatic heterocycles. The Labute approximate surface area is 46.2 Å². The van der Waals surface area contributed by atoms with Crippen molar-refractivity contribution in [2.75, 3.05) is 0 Å². The van der Waals surface area contributed by atoms with E-state index in [1.807, 2.05) is 0 Å². The summed E-state index contributed by atoms with van der Waals surface area (Å²) in [6.45, 7) is 3.51. The van der Waals surface area contributed by atoms with Crippen molar-refractivity contribution in [3.63, 3.8) is 0 Å². The van der Waals surface area contributed by atoms with Gasteiger partial charge in [0, 0.05) is 0 Å². The van der Waals surface area contributed by atoms with Gasteiger partial charge < -0.3 is 10.2 Å². The first-order chi connectivity index (χ1) is 3.31. The summed E-state index contributed by atoms with van der Waals surface area (Å²) in [5.74, 6) is 0.633. The van der Waals surface area contributed by atoms with Crippen molar-refractivity contribution in [3.8, 4) is 0 Å². The van der Waals surface area contributed by atoms with Crippen LogP contribution in [-0.4, -0.2) is 10.5 Å². The summed E-state index contributed by atoms with van der Waals surface area (Å²) < 4.78 is 4.77. The average molecular weight is 115 g/mol. The Morgan fingerprint density at radius 1 is 1.86 bits per heavy atom. The standard InChI is InChI=1S/C4H9NOSi/c1-4(6-7)2-3-5/h2-3H,1,5H2,7H3. The minimum Gasteiger partial charge on any atom is -0.554 e. The number of rotatable bonds is 2. The summed E-state index contributed by atoms with van der Waals surface area (Å²) in [7, 11) is 0.681. The van der Waals surface area contributed by atoms with E-state index in [0.29, 0.717) is 16.2 Å². The molecule has 0 amide bonds. The molecule has 0 unspecified atom stereocenters. The number of hydrogen-bond donors (Lipinski definition) is 1. The first kappa shape index (κ1) is 6.30. The molecule has 0 bridgehead atoms. The summed E-state index contributed by atoms with van der Waals surface area (Å²) in [5, 5.41) is 0. The Hall–Kier alpha value is -0.703. The van der Waals surface area contributed by atoms with Crippen LogP contribution < -0.4 is 5.73 Å². The third kappa shape index (κ3) is 3.12. The van der Waals surface area contributed by atoms with E-state index in [4.69, 9.17) is 10.2 Å². The van der Waals surface area contributed by atoms with Crippen LogP contribution in [0.1, 0.15) is 0 Å². The van der Waals surface area contributed by atoms with Crippen molar-refractivity contribution >= 4 is 10.5 Å². The molecule has 0 aliphatic rings. The fraction of sp³-hybridized carbons (Fsp3) is 0. The molecule has 2 N–H and O–H groups in total. The van der Waals surface area contributed by atoms with E-state index in [9.17, 15) is 0 Å². The van der Waals surface area contributed by atoms with Gasteiger partial charge in [-0.15, -0.1) is 0 Å². The van der Waals surface area contributed by atoms with E-state index < -0.39 is 0 Å². The van der Waals surface area contributed by atoms with Crippen molar-refractivity contribution in [1.29, 1.82) is 0 Å². The lowest BCUT2D eigenvalue weighted by Gasteiger charge is -1.93. The molecular formula is C4H9NOSi. The molecule has 0 aromatic rings. The predicted octanol–water partition coefficient (Wildman–Crippen LogP) is -0.730. The van der Waals surface area contributed by atoms with Gasteiger partial charge in [-0.1, -0.05) is 6.58 Å². The van der Waals surface area contributed by atoms with Gasteiger partial charge in [-0.2, -0.15) is 0 Å². The van der Waals surface area contributed by atoms with Crippen LogP contribution in [0.3, 0.4) is 0 Å². The Morgan fingerprint density at radius 3 is 2.57 bits per heavy atom. The van der Waals surface area contributed by atoms with Gasteiger partial charge in [0.25, 0.3) is 0 Å². The smallest absolute Gasteiger partial charge is 0.204 e. The molecule has 0 aliphatic heterocycles. The minimum atomic E-state index is 0.633. The maximum atomic E-state index is 5.00. The third-order valence-corrected chi connectivity index (χ3v) is 1.07. The van der Waals surface area contributed by atoms with Crippen molar-refractivity contribution < 1.29 is 4.43 Å². The Morgan fingerprint density at radius 2 is 2.43 bits per heavy atom. The van der Waals surface area contributed by atoms with Crippen LogP contribution in [0.5, 0.6) is 0 Å². The number of allylic oxidation sites excluding steroid dienone is 1. The molecule has 0 atom stereocenters. The van der Waals surface area contributed by atoms with Crippen LogP contribution >= 0.6 is 0 Å². The molecule has 0 spiro atoms. The van der Waals surface area contributed by atoms with Gasteiger partial charge in [0.2, 0.25) is 10.5 Å². The van der Waals surface area contributed by atoms with Gasteiger partial charge in [0.05, 0.1) is 5.76 Å². The highest BCUT2D eigenvalue weighted by Gasteiger charge is 1.74. The Bertz CT molecular complexity index is 89.7. The maximum absolute atomic E-state index is 5.00. The lowest BCUT2D eigenvalue weighted by Crippen LogP contribution is -1.82. The second kappa shape index (κ2) is 3.49. The molecule has 0 saturated heterocycles. The van der Waals surface area contributed by atoms with Gasteiger partial charge in [-0.25, -0.2) is 0 Å². The Balaban J connectivity index is 3.37. The largest absolute Gasteiger partial charge is 0.554 e. The molecule has 2 nitrogen and oxygen atoms in total. The molecule has 7 heavy (non-hydrogen) atoms. The SMILES string of the molecule is C=C(C=CN)O[SiH3]. The first-order valence-electron chi connectivity index (χ1n) is 1.92. The van der Waals surface area contributed by atoms with Crippen molar-refractivity contribution in [2.24, 2.45) is 5.73 Å². The summed E-state index contributed by atoms with van der Waals surface area (Å²) in [5.41, 5.74) is 5.00. The van der Waals surface area contributed by atoms with Crippen molar-refractivity contribution in [3.05, 3.63) is 24.6 Å². The van der Waals surface area contributed by atoms with Gasteiger partial charge in [-0.05, 0) is 12.3 Å². The topological polar surface area (TPSA) is 35.2 Å². The van der Waals surface area contributed by atoms with Crippen LogP contribution in [0.25, 0.3) is 0 Å². The molecule has 0 aromatic carbocycles. The van der Waals surface area contributed by atoms with Crippen molar-refractivity contribution in [2.45, 2.75) is 0 Å². The molecule has 40 valence electrons. The minimum absolute atomic E-state index is 0.633.